The van der Waals surface area contributed by atoms with Crippen molar-refractivity contribution in [2.75, 3.05) is 13.1 Å². The number of carbonyl (C=O) groups is 1. The molecule has 0 bridgehead atoms. The van der Waals surface area contributed by atoms with Gasteiger partial charge in [-0.15, -0.1) is 0 Å². The predicted octanol–water partition coefficient (Wildman–Crippen LogP) is 3.56. The molecule has 0 spiro atoms. The summed E-state index contributed by atoms with van der Waals surface area (Å²) < 4.78 is 0. The standard InChI is InChI=1S/C19H21NO.C2H4O2/c21-15-17-6-8-18(9-7-17)19-10-12-20(13-11-19)14-16-4-2-1-3-5-16;1-2(3)4/h1-10,21H,11-15H2;1H3,(H,3,4). The van der Waals surface area contributed by atoms with E-state index < -0.39 is 5.97 Å². The molecule has 1 aliphatic heterocycles. The normalized spacial score (nSPS) is 14.2. The SMILES string of the molecule is CC(=O)O.OCc1ccc(C2=CCN(Cc3ccccc3)CC2)cc1. The molecule has 4 heteroatoms. The van der Waals surface area contributed by atoms with Crippen molar-refractivity contribution in [1.29, 1.82) is 0 Å². The van der Waals surface area contributed by atoms with E-state index in [9.17, 15) is 0 Å². The quantitative estimate of drug-likeness (QED) is 0.894. The van der Waals surface area contributed by atoms with Gasteiger partial charge in [-0.3, -0.25) is 9.69 Å². The van der Waals surface area contributed by atoms with Crippen molar-refractivity contribution >= 4 is 11.5 Å². The molecule has 0 amide bonds. The smallest absolute Gasteiger partial charge is 0.300 e. The average Bonchev–Trinajstić information content (AvgIpc) is 2.63. The minimum absolute atomic E-state index is 0.115. The molecular weight excluding hydrogens is 314 g/mol. The molecule has 25 heavy (non-hydrogen) atoms. The summed E-state index contributed by atoms with van der Waals surface area (Å²) >= 11 is 0. The maximum Gasteiger partial charge on any atom is 0.300 e. The van der Waals surface area contributed by atoms with E-state index in [1.807, 2.05) is 12.1 Å². The lowest BCUT2D eigenvalue weighted by atomic mass is 9.98. The number of aliphatic hydroxyl groups is 1. The van der Waals surface area contributed by atoms with Crippen LogP contribution in [-0.4, -0.2) is 34.2 Å². The van der Waals surface area contributed by atoms with Gasteiger partial charge in [-0.1, -0.05) is 60.7 Å². The van der Waals surface area contributed by atoms with Crippen LogP contribution in [0.3, 0.4) is 0 Å². The molecule has 0 saturated heterocycles. The van der Waals surface area contributed by atoms with Gasteiger partial charge in [0.2, 0.25) is 0 Å². The highest BCUT2D eigenvalue weighted by Gasteiger charge is 2.13. The molecule has 2 N–H and O–H groups in total. The highest BCUT2D eigenvalue weighted by molar-refractivity contribution is 5.66. The van der Waals surface area contributed by atoms with Crippen molar-refractivity contribution in [3.8, 4) is 0 Å². The fourth-order valence-corrected chi connectivity index (χ4v) is 2.78. The van der Waals surface area contributed by atoms with Gasteiger partial charge in [0.25, 0.3) is 5.97 Å². The number of hydrogen-bond donors (Lipinski definition) is 2. The molecular formula is C21H25NO3. The average molecular weight is 339 g/mol. The number of aliphatic carboxylic acids is 1. The molecule has 0 aliphatic carbocycles. The Balaban J connectivity index is 0.000000511. The molecule has 3 rings (SSSR count). The Kier molecular flexibility index (Phi) is 7.38. The van der Waals surface area contributed by atoms with Crippen molar-refractivity contribution in [2.24, 2.45) is 0 Å². The van der Waals surface area contributed by atoms with E-state index in [-0.39, 0.29) is 6.61 Å². The fourth-order valence-electron chi connectivity index (χ4n) is 2.78. The third-order valence-electron chi connectivity index (χ3n) is 4.05. The van der Waals surface area contributed by atoms with Crippen molar-refractivity contribution in [2.45, 2.75) is 26.5 Å². The maximum atomic E-state index is 9.09. The van der Waals surface area contributed by atoms with Crippen LogP contribution in [0.25, 0.3) is 5.57 Å². The number of hydrogen-bond acceptors (Lipinski definition) is 3. The van der Waals surface area contributed by atoms with Crippen LogP contribution in [0.15, 0.2) is 60.7 Å². The predicted molar refractivity (Wildman–Crippen MR) is 100.0 cm³/mol. The zero-order valence-corrected chi connectivity index (χ0v) is 14.6. The molecule has 0 unspecified atom stereocenters. The van der Waals surface area contributed by atoms with Crippen LogP contribution >= 0.6 is 0 Å². The molecule has 2 aromatic carbocycles. The number of nitrogens with zero attached hydrogens (tertiary/aromatic N) is 1. The van der Waals surface area contributed by atoms with E-state index in [1.165, 1.54) is 16.7 Å². The van der Waals surface area contributed by atoms with E-state index in [1.54, 1.807) is 0 Å². The summed E-state index contributed by atoms with van der Waals surface area (Å²) in [5.41, 5.74) is 5.05. The van der Waals surface area contributed by atoms with Gasteiger partial charge in [0.1, 0.15) is 0 Å². The van der Waals surface area contributed by atoms with Crippen LogP contribution < -0.4 is 0 Å². The van der Waals surface area contributed by atoms with E-state index in [0.717, 1.165) is 38.5 Å². The largest absolute Gasteiger partial charge is 0.481 e. The Morgan fingerprint density at radius 3 is 2.20 bits per heavy atom. The first-order chi connectivity index (χ1) is 12.1. The Labute approximate surface area is 149 Å². The molecule has 0 aromatic heterocycles. The molecule has 2 aromatic rings. The Morgan fingerprint density at radius 1 is 1.04 bits per heavy atom. The zero-order chi connectivity index (χ0) is 18.1. The summed E-state index contributed by atoms with van der Waals surface area (Å²) in [6, 6.07) is 18.9. The van der Waals surface area contributed by atoms with Gasteiger partial charge < -0.3 is 10.2 Å². The van der Waals surface area contributed by atoms with Gasteiger partial charge in [-0.05, 0) is 28.7 Å². The molecule has 1 aliphatic rings. The summed E-state index contributed by atoms with van der Waals surface area (Å²) in [5, 5.41) is 16.5. The van der Waals surface area contributed by atoms with Crippen LogP contribution in [0, 0.1) is 0 Å². The van der Waals surface area contributed by atoms with Crippen molar-refractivity contribution in [3.05, 3.63) is 77.4 Å². The van der Waals surface area contributed by atoms with E-state index in [2.05, 4.69) is 53.4 Å². The van der Waals surface area contributed by atoms with Gasteiger partial charge in [-0.25, -0.2) is 0 Å². The molecule has 4 nitrogen and oxygen atoms in total. The lowest BCUT2D eigenvalue weighted by Gasteiger charge is -2.26. The minimum atomic E-state index is -0.833. The second-order valence-electron chi connectivity index (χ2n) is 6.07. The van der Waals surface area contributed by atoms with Crippen LogP contribution in [-0.2, 0) is 17.9 Å². The number of carboxylic acids is 1. The molecule has 0 atom stereocenters. The monoisotopic (exact) mass is 339 g/mol. The summed E-state index contributed by atoms with van der Waals surface area (Å²) in [6.07, 6.45) is 3.42. The minimum Gasteiger partial charge on any atom is -0.481 e. The van der Waals surface area contributed by atoms with Gasteiger partial charge in [0, 0.05) is 26.6 Å². The second kappa shape index (κ2) is 9.77. The molecule has 0 radical (unpaired) electrons. The third-order valence-corrected chi connectivity index (χ3v) is 4.05. The lowest BCUT2D eigenvalue weighted by Crippen LogP contribution is -2.27. The lowest BCUT2D eigenvalue weighted by molar-refractivity contribution is -0.134. The van der Waals surface area contributed by atoms with Crippen LogP contribution in [0.4, 0.5) is 0 Å². The first kappa shape index (κ1) is 18.9. The molecule has 0 saturated carbocycles. The fraction of sp³-hybridized carbons (Fsp3) is 0.286. The van der Waals surface area contributed by atoms with Crippen molar-refractivity contribution < 1.29 is 15.0 Å². The Bertz CT molecular complexity index is 689. The highest BCUT2D eigenvalue weighted by atomic mass is 16.4. The second-order valence-corrected chi connectivity index (χ2v) is 6.07. The number of carboxylic acid groups (broad SMARTS) is 1. The van der Waals surface area contributed by atoms with E-state index >= 15 is 0 Å². The van der Waals surface area contributed by atoms with Gasteiger partial charge in [0.15, 0.2) is 0 Å². The first-order valence-electron chi connectivity index (χ1n) is 8.43. The highest BCUT2D eigenvalue weighted by Crippen LogP contribution is 2.23. The number of aliphatic hydroxyl groups excluding tert-OH is 1. The maximum absolute atomic E-state index is 9.09. The third kappa shape index (κ3) is 6.53. The topological polar surface area (TPSA) is 60.8 Å². The first-order valence-corrected chi connectivity index (χ1v) is 8.43. The number of benzene rings is 2. The van der Waals surface area contributed by atoms with E-state index in [0.29, 0.717) is 0 Å². The zero-order valence-electron chi connectivity index (χ0n) is 14.6. The Morgan fingerprint density at radius 2 is 1.68 bits per heavy atom. The van der Waals surface area contributed by atoms with Crippen molar-refractivity contribution in [3.63, 3.8) is 0 Å². The van der Waals surface area contributed by atoms with Crippen LogP contribution in [0.1, 0.15) is 30.0 Å². The van der Waals surface area contributed by atoms with E-state index in [4.69, 9.17) is 15.0 Å². The molecule has 132 valence electrons. The Hall–Kier alpha value is -2.43. The van der Waals surface area contributed by atoms with Gasteiger partial charge in [-0.2, -0.15) is 0 Å². The molecule has 1 heterocycles. The van der Waals surface area contributed by atoms with Crippen LogP contribution in [0.2, 0.25) is 0 Å². The van der Waals surface area contributed by atoms with Crippen LogP contribution in [0.5, 0.6) is 0 Å². The summed E-state index contributed by atoms with van der Waals surface area (Å²) in [6.45, 7) is 4.33. The van der Waals surface area contributed by atoms with Gasteiger partial charge in [0.05, 0.1) is 6.61 Å². The summed E-state index contributed by atoms with van der Waals surface area (Å²) in [5.74, 6) is -0.833. The van der Waals surface area contributed by atoms with Crippen molar-refractivity contribution in [1.82, 2.24) is 4.90 Å². The van der Waals surface area contributed by atoms with Gasteiger partial charge >= 0.3 is 0 Å². The summed E-state index contributed by atoms with van der Waals surface area (Å²) in [4.78, 5) is 11.5. The number of rotatable bonds is 4. The summed E-state index contributed by atoms with van der Waals surface area (Å²) in [7, 11) is 0. The molecule has 0 fully saturated rings.